The number of fused-ring (bicyclic) bond motifs is 3. The van der Waals surface area contributed by atoms with Crippen molar-refractivity contribution in [3.8, 4) is 11.1 Å². The number of hydrogen-bond acceptors (Lipinski definition) is 6. The predicted octanol–water partition coefficient (Wildman–Crippen LogP) is 4.71. The molecule has 4 aromatic rings. The first-order chi connectivity index (χ1) is 19.0. The maximum Gasteiger partial charge on any atom is 0.407 e. The summed E-state index contributed by atoms with van der Waals surface area (Å²) in [6.45, 7) is -0.305. The monoisotopic (exact) mass is 541 g/mol. The fourth-order valence-electron chi connectivity index (χ4n) is 4.93. The van der Waals surface area contributed by atoms with Gasteiger partial charge in [-0.05, 0) is 27.8 Å². The molecule has 1 aromatic heterocycles. The first kappa shape index (κ1) is 26.1. The predicted molar refractivity (Wildman–Crippen MR) is 147 cm³/mol. The van der Waals surface area contributed by atoms with Crippen molar-refractivity contribution in [3.63, 3.8) is 0 Å². The highest BCUT2D eigenvalue weighted by Gasteiger charge is 2.31. The van der Waals surface area contributed by atoms with Crippen molar-refractivity contribution in [2.45, 2.75) is 24.9 Å². The number of amides is 2. The van der Waals surface area contributed by atoms with Crippen molar-refractivity contribution in [2.24, 2.45) is 0 Å². The molecular formula is C30H27N3O5S. The van der Waals surface area contributed by atoms with Crippen LogP contribution in [0.15, 0.2) is 90.6 Å². The van der Waals surface area contributed by atoms with E-state index in [1.54, 1.807) is 11.7 Å². The summed E-state index contributed by atoms with van der Waals surface area (Å²) in [6.07, 6.45) is 1.05. The summed E-state index contributed by atoms with van der Waals surface area (Å²) in [5.41, 5.74) is 6.82. The van der Waals surface area contributed by atoms with Crippen LogP contribution in [0, 0.1) is 0 Å². The molecule has 1 heterocycles. The smallest absolute Gasteiger partial charge is 0.407 e. The third kappa shape index (κ3) is 6.15. The summed E-state index contributed by atoms with van der Waals surface area (Å²) in [6, 6.07) is 24.2. The first-order valence-corrected chi connectivity index (χ1v) is 13.4. The maximum atomic E-state index is 13.6. The largest absolute Gasteiger partial charge is 0.480 e. The SMILES string of the molecule is O=C(O)CN(Cc1ccccc1)C(=O)C(Cc1cncs1)NC(=O)OCC1c2ccccc2-c2ccccc21. The molecule has 1 aliphatic carbocycles. The van der Waals surface area contributed by atoms with Crippen molar-refractivity contribution in [2.75, 3.05) is 13.2 Å². The van der Waals surface area contributed by atoms with E-state index in [9.17, 15) is 19.5 Å². The summed E-state index contributed by atoms with van der Waals surface area (Å²) >= 11 is 1.35. The van der Waals surface area contributed by atoms with Gasteiger partial charge in [0.2, 0.25) is 5.91 Å². The zero-order valence-corrected chi connectivity index (χ0v) is 21.8. The topological polar surface area (TPSA) is 109 Å². The zero-order valence-electron chi connectivity index (χ0n) is 21.0. The number of ether oxygens (including phenoxy) is 1. The Hall–Kier alpha value is -4.50. The van der Waals surface area contributed by atoms with Gasteiger partial charge in [0.15, 0.2) is 0 Å². The lowest BCUT2D eigenvalue weighted by atomic mass is 9.98. The molecule has 5 rings (SSSR count). The van der Waals surface area contributed by atoms with Crippen molar-refractivity contribution < 1.29 is 24.2 Å². The van der Waals surface area contributed by atoms with Gasteiger partial charge in [-0.25, -0.2) is 4.79 Å². The molecule has 8 nitrogen and oxygen atoms in total. The number of rotatable bonds is 10. The molecule has 0 radical (unpaired) electrons. The van der Waals surface area contributed by atoms with Crippen LogP contribution in [0.1, 0.15) is 27.5 Å². The van der Waals surface area contributed by atoms with Crippen LogP contribution in [-0.2, 0) is 27.3 Å². The van der Waals surface area contributed by atoms with Gasteiger partial charge in [-0.15, -0.1) is 11.3 Å². The molecule has 0 bridgehead atoms. The van der Waals surface area contributed by atoms with E-state index < -0.39 is 30.6 Å². The molecule has 39 heavy (non-hydrogen) atoms. The minimum atomic E-state index is -1.14. The molecule has 2 amide bonds. The molecule has 1 atom stereocenters. The van der Waals surface area contributed by atoms with Gasteiger partial charge >= 0.3 is 12.1 Å². The Bertz CT molecular complexity index is 1410. The number of hydrogen-bond donors (Lipinski definition) is 2. The van der Waals surface area contributed by atoms with Crippen LogP contribution in [0.4, 0.5) is 4.79 Å². The molecule has 9 heteroatoms. The summed E-state index contributed by atoms with van der Waals surface area (Å²) in [5, 5.41) is 12.2. The Morgan fingerprint density at radius 3 is 2.21 bits per heavy atom. The summed E-state index contributed by atoms with van der Waals surface area (Å²) in [5.74, 6) is -1.78. The van der Waals surface area contributed by atoms with Crippen LogP contribution >= 0.6 is 11.3 Å². The van der Waals surface area contributed by atoms with Gasteiger partial charge in [0.05, 0.1) is 5.51 Å². The lowest BCUT2D eigenvalue weighted by molar-refractivity contribution is -0.145. The van der Waals surface area contributed by atoms with E-state index in [1.807, 2.05) is 66.7 Å². The standard InChI is InChI=1S/C30H27N3O5S/c34-28(35)17-33(16-20-8-2-1-3-9-20)29(36)27(14-21-15-31-19-39-21)32-30(37)38-18-26-24-12-6-4-10-22(24)23-11-5-7-13-25(23)26/h1-13,15,19,26-27H,14,16-18H2,(H,32,37)(H,34,35). The van der Waals surface area contributed by atoms with Crippen molar-refractivity contribution in [1.82, 2.24) is 15.2 Å². The number of aliphatic carboxylic acids is 1. The van der Waals surface area contributed by atoms with Gasteiger partial charge in [-0.1, -0.05) is 78.9 Å². The Morgan fingerprint density at radius 2 is 1.59 bits per heavy atom. The second-order valence-electron chi connectivity index (χ2n) is 9.27. The first-order valence-electron chi connectivity index (χ1n) is 12.5. The molecular weight excluding hydrogens is 514 g/mol. The van der Waals surface area contributed by atoms with Crippen LogP contribution < -0.4 is 5.32 Å². The van der Waals surface area contributed by atoms with E-state index in [4.69, 9.17) is 4.74 Å². The highest BCUT2D eigenvalue weighted by Crippen LogP contribution is 2.44. The van der Waals surface area contributed by atoms with E-state index >= 15 is 0 Å². The summed E-state index contributed by atoms with van der Waals surface area (Å²) < 4.78 is 5.67. The normalized spacial score (nSPS) is 12.7. The van der Waals surface area contributed by atoms with E-state index in [2.05, 4.69) is 22.4 Å². The molecule has 0 fully saturated rings. The number of aromatic nitrogens is 1. The Balaban J connectivity index is 1.32. The van der Waals surface area contributed by atoms with Crippen molar-refractivity contribution in [1.29, 1.82) is 0 Å². The van der Waals surface area contributed by atoms with Crippen LogP contribution in [-0.4, -0.2) is 52.2 Å². The van der Waals surface area contributed by atoms with Crippen LogP contribution in [0.2, 0.25) is 0 Å². The number of nitrogens with one attached hydrogen (secondary N) is 1. The number of thiazole rings is 1. The average Bonchev–Trinajstić information content (AvgIpc) is 3.57. The van der Waals surface area contributed by atoms with Gasteiger partial charge in [0.1, 0.15) is 19.2 Å². The molecule has 0 saturated heterocycles. The van der Waals surface area contributed by atoms with E-state index in [1.165, 1.54) is 16.2 Å². The fraction of sp³-hybridized carbons (Fsp3) is 0.200. The highest BCUT2D eigenvalue weighted by atomic mass is 32.1. The number of carbonyl (C=O) groups excluding carboxylic acids is 2. The number of alkyl carbamates (subject to hydrolysis) is 1. The highest BCUT2D eigenvalue weighted by molar-refractivity contribution is 7.09. The second-order valence-corrected chi connectivity index (χ2v) is 10.2. The molecule has 0 aliphatic heterocycles. The number of carboxylic acid groups (broad SMARTS) is 1. The number of carbonyl (C=O) groups is 3. The molecule has 1 unspecified atom stereocenters. The molecule has 1 aliphatic rings. The number of carboxylic acids is 1. The lowest BCUT2D eigenvalue weighted by Crippen LogP contribution is -2.50. The number of nitrogens with zero attached hydrogens (tertiary/aromatic N) is 2. The summed E-state index contributed by atoms with van der Waals surface area (Å²) in [4.78, 5) is 44.3. The quantitative estimate of drug-likeness (QED) is 0.301. The van der Waals surface area contributed by atoms with Crippen LogP contribution in [0.5, 0.6) is 0 Å². The Labute approximate surface area is 229 Å². The second kappa shape index (κ2) is 11.9. The van der Waals surface area contributed by atoms with E-state index in [0.29, 0.717) is 0 Å². The maximum absolute atomic E-state index is 13.6. The Morgan fingerprint density at radius 1 is 0.949 bits per heavy atom. The van der Waals surface area contributed by atoms with Crippen LogP contribution in [0.25, 0.3) is 11.1 Å². The third-order valence-electron chi connectivity index (χ3n) is 6.68. The van der Waals surface area contributed by atoms with Gasteiger partial charge in [-0.3, -0.25) is 14.6 Å². The zero-order chi connectivity index (χ0) is 27.2. The van der Waals surface area contributed by atoms with E-state index in [-0.39, 0.29) is 25.5 Å². The van der Waals surface area contributed by atoms with Gasteiger partial charge < -0.3 is 20.1 Å². The van der Waals surface area contributed by atoms with Crippen molar-refractivity contribution in [3.05, 3.63) is 112 Å². The van der Waals surface area contributed by atoms with Gasteiger partial charge in [-0.2, -0.15) is 0 Å². The number of benzene rings is 3. The minimum Gasteiger partial charge on any atom is -0.480 e. The molecule has 3 aromatic carbocycles. The van der Waals surface area contributed by atoms with Crippen LogP contribution in [0.3, 0.4) is 0 Å². The molecule has 2 N–H and O–H groups in total. The molecule has 0 saturated carbocycles. The average molecular weight is 542 g/mol. The van der Waals surface area contributed by atoms with Gasteiger partial charge in [0.25, 0.3) is 0 Å². The fourth-order valence-corrected chi connectivity index (χ4v) is 5.57. The van der Waals surface area contributed by atoms with Gasteiger partial charge in [0, 0.05) is 30.0 Å². The Kier molecular flexibility index (Phi) is 7.98. The molecule has 0 spiro atoms. The van der Waals surface area contributed by atoms with E-state index in [0.717, 1.165) is 32.7 Å². The minimum absolute atomic E-state index is 0.0948. The van der Waals surface area contributed by atoms with Crippen molar-refractivity contribution >= 4 is 29.3 Å². The molecule has 198 valence electrons. The summed E-state index contributed by atoms with van der Waals surface area (Å²) in [7, 11) is 0. The third-order valence-corrected chi connectivity index (χ3v) is 7.48. The lowest BCUT2D eigenvalue weighted by Gasteiger charge is -2.26.